The Morgan fingerprint density at radius 1 is 1.03 bits per heavy atom. The predicted molar refractivity (Wildman–Crippen MR) is 144 cm³/mol. The Kier molecular flexibility index (Phi) is 10.5. The van der Waals surface area contributed by atoms with Gasteiger partial charge in [-0.05, 0) is 37.1 Å². The third-order valence-corrected chi connectivity index (χ3v) is 5.64. The molecule has 3 rings (SSSR count). The third kappa shape index (κ3) is 8.86. The molecule has 0 aliphatic carbocycles. The van der Waals surface area contributed by atoms with E-state index in [0.29, 0.717) is 36.6 Å². The highest BCUT2D eigenvalue weighted by atomic mass is 19.2. The molecule has 0 saturated carbocycles. The van der Waals surface area contributed by atoms with Crippen LogP contribution in [0, 0.1) is 17.5 Å². The molecule has 3 aromatic rings. The van der Waals surface area contributed by atoms with Gasteiger partial charge in [-0.15, -0.1) is 0 Å². The van der Waals surface area contributed by atoms with E-state index in [9.17, 15) is 22.8 Å². The number of nitrogens with one attached hydrogen (secondary N) is 4. The number of carbonyl (C=O) groups excluding carboxylic acids is 1. The first-order valence-corrected chi connectivity index (χ1v) is 12.2. The lowest BCUT2D eigenvalue weighted by Crippen LogP contribution is -2.30. The number of urea groups is 1. The summed E-state index contributed by atoms with van der Waals surface area (Å²) in [7, 11) is 0. The first-order chi connectivity index (χ1) is 18.7. The Hall–Kier alpha value is -4.36. The highest BCUT2D eigenvalue weighted by Crippen LogP contribution is 2.19. The van der Waals surface area contributed by atoms with Crippen molar-refractivity contribution in [2.24, 2.45) is 11.5 Å². The number of aromatic amines is 1. The molecule has 39 heavy (non-hydrogen) atoms. The molecule has 10 nitrogen and oxygen atoms in total. The number of H-pyrrole nitrogens is 1. The van der Waals surface area contributed by atoms with E-state index in [2.05, 4.69) is 32.1 Å². The Balaban J connectivity index is 1.62. The van der Waals surface area contributed by atoms with Crippen molar-refractivity contribution in [2.75, 3.05) is 36.8 Å². The summed E-state index contributed by atoms with van der Waals surface area (Å²) in [6, 6.07) is 7.23. The van der Waals surface area contributed by atoms with E-state index in [1.807, 2.05) is 17.4 Å². The second-order valence-corrected chi connectivity index (χ2v) is 8.71. The quantitative estimate of drug-likeness (QED) is 0.143. The highest BCUT2D eigenvalue weighted by molar-refractivity contribution is 5.98. The van der Waals surface area contributed by atoms with Crippen LogP contribution in [0.4, 0.5) is 29.6 Å². The number of benzene rings is 2. The number of carbonyl (C=O) groups is 1. The summed E-state index contributed by atoms with van der Waals surface area (Å²) < 4.78 is 40.1. The lowest BCUT2D eigenvalue weighted by molar-refractivity contribution is 0.260. The monoisotopic (exact) mass is 544 g/mol. The van der Waals surface area contributed by atoms with Crippen molar-refractivity contribution >= 4 is 17.7 Å². The van der Waals surface area contributed by atoms with Crippen LogP contribution >= 0.6 is 0 Å². The molecule has 13 heteroatoms. The molecule has 2 aromatic carbocycles. The molecule has 2 amide bonds. The average Bonchev–Trinajstić information content (AvgIpc) is 2.88. The minimum absolute atomic E-state index is 0.218. The van der Waals surface area contributed by atoms with Gasteiger partial charge in [0.15, 0.2) is 11.6 Å². The molecule has 8 N–H and O–H groups in total. The molecule has 0 radical (unpaired) electrons. The van der Waals surface area contributed by atoms with Gasteiger partial charge in [-0.1, -0.05) is 30.8 Å². The Labute approximate surface area is 223 Å². The van der Waals surface area contributed by atoms with Crippen molar-refractivity contribution in [3.8, 4) is 11.1 Å². The number of amides is 2. The van der Waals surface area contributed by atoms with Gasteiger partial charge < -0.3 is 27.1 Å². The lowest BCUT2D eigenvalue weighted by atomic mass is 10.1. The molecule has 0 fully saturated rings. The Morgan fingerprint density at radius 3 is 2.38 bits per heavy atom. The molecule has 0 spiro atoms. The molecule has 0 atom stereocenters. The van der Waals surface area contributed by atoms with Gasteiger partial charge in [0, 0.05) is 38.0 Å². The molecular weight excluding hydrogens is 513 g/mol. The molecule has 208 valence electrons. The summed E-state index contributed by atoms with van der Waals surface area (Å²) in [4.78, 5) is 33.5. The number of aromatic nitrogens is 2. The third-order valence-electron chi connectivity index (χ3n) is 5.64. The van der Waals surface area contributed by atoms with Crippen molar-refractivity contribution in [3.63, 3.8) is 0 Å². The molecule has 0 bridgehead atoms. The minimum atomic E-state index is -1.39. The van der Waals surface area contributed by atoms with Crippen LogP contribution in [0.15, 0.2) is 59.8 Å². The van der Waals surface area contributed by atoms with Crippen LogP contribution in [0.5, 0.6) is 0 Å². The Morgan fingerprint density at radius 2 is 1.72 bits per heavy atom. The zero-order chi connectivity index (χ0) is 28.4. The Bertz CT molecular complexity index is 1350. The molecule has 0 unspecified atom stereocenters. The fourth-order valence-corrected chi connectivity index (χ4v) is 3.73. The fourth-order valence-electron chi connectivity index (χ4n) is 3.73. The van der Waals surface area contributed by atoms with Gasteiger partial charge in [-0.3, -0.25) is 15.0 Å². The number of hydrogen-bond acceptors (Lipinski definition) is 7. The van der Waals surface area contributed by atoms with Crippen LogP contribution in [0.1, 0.15) is 18.4 Å². The van der Waals surface area contributed by atoms with Crippen LogP contribution in [0.25, 0.3) is 11.1 Å². The zero-order valence-corrected chi connectivity index (χ0v) is 21.2. The van der Waals surface area contributed by atoms with Crippen molar-refractivity contribution in [1.29, 1.82) is 0 Å². The molecular formula is C26H31F3N8O2. The van der Waals surface area contributed by atoms with Gasteiger partial charge in [0.05, 0.1) is 17.1 Å². The maximum Gasteiger partial charge on any atom is 0.326 e. The maximum atomic E-state index is 13.7. The van der Waals surface area contributed by atoms with E-state index in [1.165, 1.54) is 6.20 Å². The van der Waals surface area contributed by atoms with E-state index < -0.39 is 34.7 Å². The first kappa shape index (κ1) is 29.2. The van der Waals surface area contributed by atoms with Crippen LogP contribution in [0.2, 0.25) is 0 Å². The largest absolute Gasteiger partial charge is 0.386 e. The number of nitrogens with zero attached hydrogens (tertiary/aromatic N) is 2. The van der Waals surface area contributed by atoms with Gasteiger partial charge in [-0.2, -0.15) is 4.98 Å². The molecule has 0 aliphatic heterocycles. The molecule has 1 aromatic heterocycles. The number of hydrogen-bond donors (Lipinski definition) is 6. The second-order valence-electron chi connectivity index (χ2n) is 8.71. The number of halogens is 3. The summed E-state index contributed by atoms with van der Waals surface area (Å²) in [5.41, 5.74) is 12.0. The van der Waals surface area contributed by atoms with Crippen LogP contribution in [-0.2, 0) is 6.54 Å². The van der Waals surface area contributed by atoms with Crippen LogP contribution in [0.3, 0.4) is 0 Å². The van der Waals surface area contributed by atoms with Gasteiger partial charge in [0.25, 0.3) is 5.56 Å². The first-order valence-electron chi connectivity index (χ1n) is 12.2. The second kappa shape index (κ2) is 14.0. The van der Waals surface area contributed by atoms with Crippen LogP contribution < -0.4 is 33.0 Å². The van der Waals surface area contributed by atoms with Crippen molar-refractivity contribution in [2.45, 2.75) is 19.4 Å². The van der Waals surface area contributed by atoms with Gasteiger partial charge >= 0.3 is 6.03 Å². The van der Waals surface area contributed by atoms with Crippen molar-refractivity contribution < 1.29 is 18.0 Å². The predicted octanol–water partition coefficient (Wildman–Crippen LogP) is 3.06. The molecule has 0 saturated heterocycles. The van der Waals surface area contributed by atoms with E-state index in [4.69, 9.17) is 11.5 Å². The van der Waals surface area contributed by atoms with E-state index in [-0.39, 0.29) is 11.5 Å². The number of anilines is 2. The SMILES string of the molecule is C=C(N)NCCCN(CCCN)Cc1ccc(-c2c[nH]c(NC(=O)Nc3cc(F)c(F)cc3F)nc2=O)cc1. The topological polar surface area (TPSA) is 154 Å². The summed E-state index contributed by atoms with van der Waals surface area (Å²) in [5, 5.41) is 7.25. The number of rotatable bonds is 13. The zero-order valence-electron chi connectivity index (χ0n) is 21.2. The minimum Gasteiger partial charge on any atom is -0.386 e. The summed E-state index contributed by atoms with van der Waals surface area (Å²) in [6.07, 6.45) is 3.13. The van der Waals surface area contributed by atoms with Crippen molar-refractivity contribution in [3.05, 3.63) is 88.4 Å². The maximum absolute atomic E-state index is 13.7. The summed E-state index contributed by atoms with van der Waals surface area (Å²) in [5.74, 6) is -3.67. The average molecular weight is 545 g/mol. The van der Waals surface area contributed by atoms with E-state index >= 15 is 0 Å². The van der Waals surface area contributed by atoms with Crippen LogP contribution in [-0.4, -0.2) is 47.1 Å². The van der Waals surface area contributed by atoms with Crippen molar-refractivity contribution in [1.82, 2.24) is 20.2 Å². The van der Waals surface area contributed by atoms with Gasteiger partial charge in [0.2, 0.25) is 5.95 Å². The molecule has 0 aliphatic rings. The smallest absolute Gasteiger partial charge is 0.326 e. The van der Waals surface area contributed by atoms with Gasteiger partial charge in [0.1, 0.15) is 5.82 Å². The molecule has 1 heterocycles. The normalized spacial score (nSPS) is 10.9. The summed E-state index contributed by atoms with van der Waals surface area (Å²) >= 11 is 0. The summed E-state index contributed by atoms with van der Waals surface area (Å²) in [6.45, 7) is 7.33. The number of nitrogens with two attached hydrogens (primary N) is 2. The van der Waals surface area contributed by atoms with E-state index in [1.54, 1.807) is 12.1 Å². The highest BCUT2D eigenvalue weighted by Gasteiger charge is 2.14. The standard InChI is InChI=1S/C26H31F3N8O2/c1-16(31)32-9-3-11-37(10-2-8-30)15-17-4-6-18(7-5-17)19-14-33-25(35-24(19)38)36-26(39)34-23-13-21(28)20(27)12-22(23)29/h4-7,12-14,32H,1-3,8-11,15,30-31H2,(H3,33,34,35,36,38,39). The fraction of sp³-hybridized carbons (Fsp3) is 0.269. The van der Waals surface area contributed by atoms with E-state index in [0.717, 1.165) is 38.0 Å². The van der Waals surface area contributed by atoms with Gasteiger partial charge in [-0.25, -0.2) is 18.0 Å². The lowest BCUT2D eigenvalue weighted by Gasteiger charge is -2.22.